The Hall–Kier alpha value is -0.440. The van der Waals surface area contributed by atoms with Crippen LogP contribution in [0, 0.1) is 0 Å². The van der Waals surface area contributed by atoms with E-state index in [-0.39, 0.29) is 0 Å². The van der Waals surface area contributed by atoms with Gasteiger partial charge in [0, 0.05) is 8.95 Å². The minimum Gasteiger partial charge on any atom is -0.211 e. The molecule has 12 heavy (non-hydrogen) atoms. The molecule has 0 aliphatic carbocycles. The van der Waals surface area contributed by atoms with E-state index in [1.54, 1.807) is 0 Å². The highest BCUT2D eigenvalue weighted by Crippen LogP contribution is 2.22. The van der Waals surface area contributed by atoms with Crippen molar-refractivity contribution in [2.75, 3.05) is 0 Å². The lowest BCUT2D eigenvalue weighted by Gasteiger charge is -1.99. The molecule has 4 heteroatoms. The lowest BCUT2D eigenvalue weighted by Crippen LogP contribution is -1.82. The first-order chi connectivity index (χ1) is 5.74. The molecule has 0 saturated heterocycles. The van der Waals surface area contributed by atoms with Crippen LogP contribution in [0.15, 0.2) is 32.1 Å². The van der Waals surface area contributed by atoms with Crippen molar-refractivity contribution in [1.82, 2.24) is 0 Å². The van der Waals surface area contributed by atoms with Crippen LogP contribution in [0.2, 0.25) is 0 Å². The molecule has 2 nitrogen and oxygen atoms in total. The Morgan fingerprint density at radius 3 is 2.75 bits per heavy atom. The van der Waals surface area contributed by atoms with E-state index in [0.717, 1.165) is 14.5 Å². The van der Waals surface area contributed by atoms with Crippen LogP contribution < -0.4 is 0 Å². The van der Waals surface area contributed by atoms with Gasteiger partial charge >= 0.3 is 0 Å². The van der Waals surface area contributed by atoms with Crippen LogP contribution in [-0.2, 0) is 11.3 Å². The van der Waals surface area contributed by atoms with E-state index in [9.17, 15) is 4.79 Å². The van der Waals surface area contributed by atoms with Gasteiger partial charge in [-0.15, -0.1) is 0 Å². The first-order valence-electron chi connectivity index (χ1n) is 3.21. The summed E-state index contributed by atoms with van der Waals surface area (Å²) in [6.07, 6.45) is 1.50. The molecule has 0 aliphatic rings. The smallest absolute Gasteiger partial charge is 0.211 e. The Morgan fingerprint density at radius 2 is 2.17 bits per heavy atom. The second-order valence-electron chi connectivity index (χ2n) is 2.14. The predicted molar refractivity (Wildman–Crippen MR) is 53.7 cm³/mol. The highest BCUT2D eigenvalue weighted by Gasteiger charge is 1.98. The second kappa shape index (κ2) is 4.55. The third kappa shape index (κ3) is 2.55. The van der Waals surface area contributed by atoms with Gasteiger partial charge in [0.15, 0.2) is 0 Å². The summed E-state index contributed by atoms with van der Waals surface area (Å²) in [7, 11) is 0. The van der Waals surface area contributed by atoms with E-state index >= 15 is 0 Å². The molecule has 1 aromatic rings. The van der Waals surface area contributed by atoms with Crippen molar-refractivity contribution in [1.29, 1.82) is 0 Å². The monoisotopic (exact) mass is 289 g/mol. The van der Waals surface area contributed by atoms with Crippen molar-refractivity contribution >= 4 is 37.9 Å². The van der Waals surface area contributed by atoms with E-state index in [0.29, 0.717) is 6.54 Å². The summed E-state index contributed by atoms with van der Waals surface area (Å²) in [6, 6.07) is 5.71. The zero-order chi connectivity index (χ0) is 8.97. The molecule has 62 valence electrons. The molecule has 0 amide bonds. The van der Waals surface area contributed by atoms with E-state index in [4.69, 9.17) is 0 Å². The fourth-order valence-electron chi connectivity index (χ4n) is 0.767. The number of aliphatic imine (C=N–C) groups is 1. The van der Waals surface area contributed by atoms with Crippen LogP contribution in [0.4, 0.5) is 0 Å². The maximum atomic E-state index is 9.84. The number of rotatable bonds is 2. The Bertz CT molecular complexity index is 332. The average molecular weight is 291 g/mol. The number of carbonyl (C=O) groups excluding carboxylic acids is 1. The van der Waals surface area contributed by atoms with Gasteiger partial charge in [-0.1, -0.05) is 37.9 Å². The number of halogens is 2. The molecule has 0 saturated carbocycles. The SMILES string of the molecule is O=C=NCc1ccc(Br)cc1Br. The molecule has 0 bridgehead atoms. The summed E-state index contributed by atoms with van der Waals surface area (Å²) < 4.78 is 1.93. The van der Waals surface area contributed by atoms with Crippen LogP contribution in [0.5, 0.6) is 0 Å². The first kappa shape index (κ1) is 9.65. The second-order valence-corrected chi connectivity index (χ2v) is 3.91. The number of nitrogens with zero attached hydrogens (tertiary/aromatic N) is 1. The van der Waals surface area contributed by atoms with Gasteiger partial charge in [0.1, 0.15) is 0 Å². The molecule has 1 aromatic carbocycles. The van der Waals surface area contributed by atoms with Crippen LogP contribution in [0.25, 0.3) is 0 Å². The molecule has 1 rings (SSSR count). The van der Waals surface area contributed by atoms with Crippen LogP contribution >= 0.6 is 31.9 Å². The molecule has 0 spiro atoms. The zero-order valence-corrected chi connectivity index (χ0v) is 9.22. The number of benzene rings is 1. The highest BCUT2D eigenvalue weighted by molar-refractivity contribution is 9.11. The molecule has 0 unspecified atom stereocenters. The fourth-order valence-corrected chi connectivity index (χ4v) is 1.94. The summed E-state index contributed by atoms with van der Waals surface area (Å²) in [5.74, 6) is 0. The van der Waals surface area contributed by atoms with Gasteiger partial charge in [0.05, 0.1) is 6.54 Å². The molecular weight excluding hydrogens is 286 g/mol. The summed E-state index contributed by atoms with van der Waals surface area (Å²) >= 11 is 6.68. The Labute approximate surface area is 87.0 Å². The third-order valence-corrected chi connectivity index (χ3v) is 2.56. The summed E-state index contributed by atoms with van der Waals surface area (Å²) in [6.45, 7) is 0.372. The van der Waals surface area contributed by atoms with Gasteiger partial charge in [0.2, 0.25) is 6.08 Å². The summed E-state index contributed by atoms with van der Waals surface area (Å²) in [4.78, 5) is 13.3. The van der Waals surface area contributed by atoms with Gasteiger partial charge in [-0.25, -0.2) is 9.79 Å². The lowest BCUT2D eigenvalue weighted by molar-refractivity contribution is 0.562. The highest BCUT2D eigenvalue weighted by atomic mass is 79.9. The Morgan fingerprint density at radius 1 is 1.42 bits per heavy atom. The lowest BCUT2D eigenvalue weighted by atomic mass is 10.2. The van der Waals surface area contributed by atoms with Crippen molar-refractivity contribution < 1.29 is 4.79 Å². The Kier molecular flexibility index (Phi) is 3.66. The molecule has 0 fully saturated rings. The van der Waals surface area contributed by atoms with E-state index in [1.165, 1.54) is 6.08 Å². The van der Waals surface area contributed by atoms with Gasteiger partial charge in [0.25, 0.3) is 0 Å². The molecule has 0 atom stereocenters. The van der Waals surface area contributed by atoms with Crippen molar-refractivity contribution in [2.45, 2.75) is 6.54 Å². The maximum Gasteiger partial charge on any atom is 0.235 e. The topological polar surface area (TPSA) is 29.4 Å². The number of hydrogen-bond acceptors (Lipinski definition) is 2. The first-order valence-corrected chi connectivity index (χ1v) is 4.80. The van der Waals surface area contributed by atoms with Gasteiger partial charge in [-0.2, -0.15) is 0 Å². The summed E-state index contributed by atoms with van der Waals surface area (Å²) in [5.41, 5.74) is 0.974. The van der Waals surface area contributed by atoms with Gasteiger partial charge in [-0.05, 0) is 17.7 Å². The predicted octanol–water partition coefficient (Wildman–Crippen LogP) is 3.05. The normalized spacial score (nSPS) is 9.17. The molecule has 0 heterocycles. The van der Waals surface area contributed by atoms with Gasteiger partial charge < -0.3 is 0 Å². The molecule has 0 radical (unpaired) electrons. The molecule has 0 aromatic heterocycles. The van der Waals surface area contributed by atoms with Crippen molar-refractivity contribution in [3.8, 4) is 0 Å². The van der Waals surface area contributed by atoms with E-state index < -0.39 is 0 Å². The Balaban J connectivity index is 2.93. The minimum absolute atomic E-state index is 0.372. The standard InChI is InChI=1S/C8H5Br2NO/c9-7-2-1-6(4-11-5-12)8(10)3-7/h1-3H,4H2. The molecule has 0 N–H and O–H groups in total. The van der Waals surface area contributed by atoms with Crippen LogP contribution in [-0.4, -0.2) is 6.08 Å². The molecule has 0 aliphatic heterocycles. The molecular formula is C8H5Br2NO. The van der Waals surface area contributed by atoms with Crippen molar-refractivity contribution in [3.05, 3.63) is 32.7 Å². The van der Waals surface area contributed by atoms with E-state index in [1.807, 2.05) is 18.2 Å². The minimum atomic E-state index is 0.372. The fraction of sp³-hybridized carbons (Fsp3) is 0.125. The van der Waals surface area contributed by atoms with E-state index in [2.05, 4.69) is 36.9 Å². The quantitative estimate of drug-likeness (QED) is 0.608. The zero-order valence-electron chi connectivity index (χ0n) is 6.05. The summed E-state index contributed by atoms with van der Waals surface area (Å²) in [5, 5.41) is 0. The number of hydrogen-bond donors (Lipinski definition) is 0. The maximum absolute atomic E-state index is 9.84. The average Bonchev–Trinajstić information content (AvgIpc) is 2.03. The number of isocyanates is 1. The van der Waals surface area contributed by atoms with Crippen LogP contribution in [0.3, 0.4) is 0 Å². The largest absolute Gasteiger partial charge is 0.235 e. The van der Waals surface area contributed by atoms with Crippen molar-refractivity contribution in [2.24, 2.45) is 4.99 Å². The van der Waals surface area contributed by atoms with Gasteiger partial charge in [-0.3, -0.25) is 0 Å². The van der Waals surface area contributed by atoms with Crippen LogP contribution in [0.1, 0.15) is 5.56 Å². The van der Waals surface area contributed by atoms with Crippen molar-refractivity contribution in [3.63, 3.8) is 0 Å². The third-order valence-electron chi connectivity index (χ3n) is 1.33.